The zero-order chi connectivity index (χ0) is 20.8. The third-order valence-electron chi connectivity index (χ3n) is 5.47. The van der Waals surface area contributed by atoms with Crippen molar-refractivity contribution in [2.24, 2.45) is 0 Å². The lowest BCUT2D eigenvalue weighted by Crippen LogP contribution is -3.13. The molecule has 1 heterocycles. The molecule has 154 valence electrons. The molecular weight excluding hydrogens is 380 g/mol. The Bertz CT molecular complexity index is 861. The minimum atomic E-state index is 0.135. The van der Waals surface area contributed by atoms with Crippen molar-refractivity contribution >= 4 is 28.9 Å². The van der Waals surface area contributed by atoms with Crippen LogP contribution in [-0.4, -0.2) is 60.6 Å². The van der Waals surface area contributed by atoms with E-state index in [2.05, 4.69) is 36.5 Å². The largest absolute Gasteiger partial charge is 0.343 e. The molecule has 2 aromatic carbocycles. The van der Waals surface area contributed by atoms with E-state index in [9.17, 15) is 4.79 Å². The zero-order valence-corrected chi connectivity index (χ0v) is 18.4. The maximum absolute atomic E-state index is 12.7. The van der Waals surface area contributed by atoms with Crippen molar-refractivity contribution in [2.75, 3.05) is 45.1 Å². The topological polar surface area (TPSA) is 40.0 Å². The Balaban J connectivity index is 1.45. The molecule has 0 atom stereocenters. The fourth-order valence-electron chi connectivity index (χ4n) is 3.66. The number of rotatable bonds is 5. The van der Waals surface area contributed by atoms with E-state index in [0.29, 0.717) is 11.7 Å². The highest BCUT2D eigenvalue weighted by molar-refractivity contribution is 7.80. The second kappa shape index (κ2) is 9.85. The molecule has 29 heavy (non-hydrogen) atoms. The minimum absolute atomic E-state index is 0.135. The second-order valence-corrected chi connectivity index (χ2v) is 8.28. The second-order valence-electron chi connectivity index (χ2n) is 7.90. The van der Waals surface area contributed by atoms with Gasteiger partial charge in [0.15, 0.2) is 5.11 Å². The highest BCUT2D eigenvalue weighted by atomic mass is 32.1. The number of piperazine rings is 1. The number of hydrogen-bond acceptors (Lipinski definition) is 2. The van der Waals surface area contributed by atoms with E-state index in [1.54, 1.807) is 0 Å². The van der Waals surface area contributed by atoms with Gasteiger partial charge >= 0.3 is 0 Å². The maximum atomic E-state index is 12.7. The van der Waals surface area contributed by atoms with Gasteiger partial charge in [-0.05, 0) is 37.7 Å². The number of quaternary nitrogens is 1. The van der Waals surface area contributed by atoms with Gasteiger partial charge in [0.1, 0.15) is 6.54 Å². The number of likely N-dealkylation sites (N-methyl/N-ethyl adjacent to an activating group) is 1. The number of anilines is 1. The predicted octanol–water partition coefficient (Wildman–Crippen LogP) is 1.86. The number of hydrogen-bond donors (Lipinski definition) is 2. The van der Waals surface area contributed by atoms with Crippen molar-refractivity contribution in [3.63, 3.8) is 0 Å². The fraction of sp³-hybridized carbons (Fsp3) is 0.391. The minimum Gasteiger partial charge on any atom is -0.343 e. The third-order valence-corrected chi connectivity index (χ3v) is 5.88. The summed E-state index contributed by atoms with van der Waals surface area (Å²) in [5.41, 5.74) is 4.77. The monoisotopic (exact) mass is 411 g/mol. The first kappa shape index (κ1) is 21.3. The van der Waals surface area contributed by atoms with E-state index in [1.165, 1.54) is 16.0 Å². The van der Waals surface area contributed by atoms with Gasteiger partial charge in [-0.1, -0.05) is 48.0 Å². The molecule has 0 radical (unpaired) electrons. The van der Waals surface area contributed by atoms with Crippen LogP contribution in [0, 0.1) is 13.8 Å². The van der Waals surface area contributed by atoms with Crippen LogP contribution >= 0.6 is 12.2 Å². The van der Waals surface area contributed by atoms with Gasteiger partial charge < -0.3 is 20.0 Å². The molecule has 2 N–H and O–H groups in total. The van der Waals surface area contributed by atoms with Gasteiger partial charge in [0, 0.05) is 18.3 Å². The number of carbonyl (C=O) groups is 1. The first-order valence-corrected chi connectivity index (χ1v) is 10.6. The fourth-order valence-corrected chi connectivity index (χ4v) is 3.83. The number of benzene rings is 2. The number of carbonyl (C=O) groups excluding carboxylic acids is 1. The van der Waals surface area contributed by atoms with Crippen molar-refractivity contribution in [3.05, 3.63) is 65.2 Å². The van der Waals surface area contributed by atoms with Crippen molar-refractivity contribution in [1.29, 1.82) is 0 Å². The highest BCUT2D eigenvalue weighted by Crippen LogP contribution is 2.13. The van der Waals surface area contributed by atoms with Crippen molar-refractivity contribution in [2.45, 2.75) is 20.4 Å². The molecule has 0 aromatic heterocycles. The molecule has 0 bridgehead atoms. The number of aryl methyl sites for hydroxylation is 2. The number of nitrogens with zero attached hydrogens (tertiary/aromatic N) is 2. The molecule has 1 saturated heterocycles. The number of thiocarbonyl (C=S) groups is 1. The van der Waals surface area contributed by atoms with Crippen LogP contribution < -0.4 is 10.2 Å². The quantitative estimate of drug-likeness (QED) is 0.737. The summed E-state index contributed by atoms with van der Waals surface area (Å²) in [5, 5.41) is 3.81. The summed E-state index contributed by atoms with van der Waals surface area (Å²) < 4.78 is 0. The lowest BCUT2D eigenvalue weighted by atomic mass is 10.1. The molecule has 2 aromatic rings. The third kappa shape index (κ3) is 6.02. The van der Waals surface area contributed by atoms with Crippen LogP contribution in [0.2, 0.25) is 0 Å². The Morgan fingerprint density at radius 2 is 1.86 bits per heavy atom. The van der Waals surface area contributed by atoms with Crippen molar-refractivity contribution in [1.82, 2.24) is 9.80 Å². The van der Waals surface area contributed by atoms with E-state index < -0.39 is 0 Å². The summed E-state index contributed by atoms with van der Waals surface area (Å²) in [6.07, 6.45) is 0. The summed E-state index contributed by atoms with van der Waals surface area (Å²) in [6, 6.07) is 16.7. The van der Waals surface area contributed by atoms with E-state index >= 15 is 0 Å². The van der Waals surface area contributed by atoms with Gasteiger partial charge in [0.05, 0.1) is 32.7 Å². The van der Waals surface area contributed by atoms with Gasteiger partial charge in [0.25, 0.3) is 0 Å². The lowest BCUT2D eigenvalue weighted by molar-refractivity contribution is -0.917. The zero-order valence-electron chi connectivity index (χ0n) is 17.6. The Labute approximate surface area is 179 Å². The summed E-state index contributed by atoms with van der Waals surface area (Å²) in [6.45, 7) is 9.04. The Morgan fingerprint density at radius 3 is 2.55 bits per heavy atom. The molecule has 1 aliphatic heterocycles. The first-order chi connectivity index (χ1) is 13.9. The van der Waals surface area contributed by atoms with Crippen LogP contribution in [-0.2, 0) is 11.3 Å². The summed E-state index contributed by atoms with van der Waals surface area (Å²) in [4.78, 5) is 18.0. The lowest BCUT2D eigenvalue weighted by Gasteiger charge is -2.33. The molecule has 1 amide bonds. The molecule has 6 heteroatoms. The molecule has 1 fully saturated rings. The average molecular weight is 412 g/mol. The van der Waals surface area contributed by atoms with E-state index in [1.807, 2.05) is 48.0 Å². The van der Waals surface area contributed by atoms with Gasteiger partial charge in [-0.15, -0.1) is 0 Å². The normalized spacial score (nSPS) is 14.5. The smallest absolute Gasteiger partial charge is 0.242 e. The molecule has 5 nitrogen and oxygen atoms in total. The Hall–Kier alpha value is -2.44. The van der Waals surface area contributed by atoms with Crippen molar-refractivity contribution in [3.8, 4) is 0 Å². The SMILES string of the molecule is Cc1cccc(C[NH+]2CCN(C(=O)CN(C)C(=S)Nc3ccccc3C)CC2)c1. The summed E-state index contributed by atoms with van der Waals surface area (Å²) in [7, 11) is 1.87. The van der Waals surface area contributed by atoms with Gasteiger partial charge in [-0.25, -0.2) is 0 Å². The molecule has 0 unspecified atom stereocenters. The standard InChI is InChI=1S/C23H30N4OS/c1-18-7-6-9-20(15-18)16-26-11-13-27(14-12-26)22(28)17-25(3)23(29)24-21-10-5-4-8-19(21)2/h4-10,15H,11-14,16-17H2,1-3H3,(H,24,29)/p+1. The van der Waals surface area contributed by atoms with Crippen LogP contribution in [0.1, 0.15) is 16.7 Å². The molecular formula is C23H31N4OS+. The molecule has 0 aliphatic carbocycles. The summed E-state index contributed by atoms with van der Waals surface area (Å²) in [5.74, 6) is 0.135. The molecule has 1 aliphatic rings. The van der Waals surface area contributed by atoms with Crippen molar-refractivity contribution < 1.29 is 9.69 Å². The van der Waals surface area contributed by atoms with E-state index in [0.717, 1.165) is 44.0 Å². The number of para-hydroxylation sites is 1. The molecule has 0 saturated carbocycles. The Morgan fingerprint density at radius 1 is 1.14 bits per heavy atom. The van der Waals surface area contributed by atoms with Crippen LogP contribution in [0.25, 0.3) is 0 Å². The van der Waals surface area contributed by atoms with Crippen LogP contribution in [0.3, 0.4) is 0 Å². The first-order valence-electron chi connectivity index (χ1n) is 10.2. The Kier molecular flexibility index (Phi) is 7.23. The van der Waals surface area contributed by atoms with Crippen LogP contribution in [0.5, 0.6) is 0 Å². The number of nitrogens with one attached hydrogen (secondary N) is 2. The van der Waals surface area contributed by atoms with E-state index in [4.69, 9.17) is 12.2 Å². The molecule has 0 spiro atoms. The van der Waals surface area contributed by atoms with Crippen LogP contribution in [0.15, 0.2) is 48.5 Å². The molecule has 3 rings (SSSR count). The highest BCUT2D eigenvalue weighted by Gasteiger charge is 2.25. The number of amides is 1. The maximum Gasteiger partial charge on any atom is 0.242 e. The van der Waals surface area contributed by atoms with Gasteiger partial charge in [-0.3, -0.25) is 4.79 Å². The average Bonchev–Trinajstić information content (AvgIpc) is 2.70. The predicted molar refractivity (Wildman–Crippen MR) is 122 cm³/mol. The summed E-state index contributed by atoms with van der Waals surface area (Å²) >= 11 is 5.48. The van der Waals surface area contributed by atoms with Gasteiger partial charge in [0.2, 0.25) is 5.91 Å². The van der Waals surface area contributed by atoms with Crippen LogP contribution in [0.4, 0.5) is 5.69 Å². The van der Waals surface area contributed by atoms with E-state index in [-0.39, 0.29) is 5.91 Å². The van der Waals surface area contributed by atoms with Gasteiger partial charge in [-0.2, -0.15) is 0 Å².